The van der Waals surface area contributed by atoms with Crippen LogP contribution < -0.4 is 10.6 Å². The molecule has 0 saturated carbocycles. The molecule has 2 N–H and O–H groups in total. The molecule has 1 aromatic carbocycles. The smallest absolute Gasteiger partial charge is 0.258 e. The number of hydrogen-bond donors (Lipinski definition) is 2. The predicted molar refractivity (Wildman–Crippen MR) is 69.9 cm³/mol. The quantitative estimate of drug-likeness (QED) is 0.872. The Bertz CT molecular complexity index is 575. The van der Waals surface area contributed by atoms with Gasteiger partial charge in [-0.2, -0.15) is 0 Å². The average molecular weight is 245 g/mol. The third-order valence-electron chi connectivity index (χ3n) is 2.62. The van der Waals surface area contributed by atoms with Crippen molar-refractivity contribution >= 4 is 17.5 Å². The van der Waals surface area contributed by atoms with Gasteiger partial charge in [0.2, 0.25) is 5.88 Å². The first kappa shape index (κ1) is 12.2. The van der Waals surface area contributed by atoms with E-state index in [0.29, 0.717) is 11.4 Å². The summed E-state index contributed by atoms with van der Waals surface area (Å²) in [5.41, 5.74) is 3.33. The van der Waals surface area contributed by atoms with Gasteiger partial charge in [0.1, 0.15) is 0 Å². The number of rotatable bonds is 3. The minimum atomic E-state index is -0.211. The molecule has 0 aliphatic heterocycles. The van der Waals surface area contributed by atoms with Crippen LogP contribution >= 0.6 is 0 Å². The van der Waals surface area contributed by atoms with Gasteiger partial charge in [-0.3, -0.25) is 10.1 Å². The van der Waals surface area contributed by atoms with Crippen LogP contribution in [0.2, 0.25) is 0 Å². The number of hydrogen-bond acceptors (Lipinski definition) is 4. The summed E-state index contributed by atoms with van der Waals surface area (Å²) in [6, 6.07) is 7.13. The number of carbonyl (C=O) groups excluding carboxylic acids is 1. The van der Waals surface area contributed by atoms with E-state index in [-0.39, 0.29) is 5.91 Å². The number of benzene rings is 1. The van der Waals surface area contributed by atoms with Crippen LogP contribution in [0.3, 0.4) is 0 Å². The van der Waals surface area contributed by atoms with E-state index in [2.05, 4.69) is 15.8 Å². The molecule has 18 heavy (non-hydrogen) atoms. The maximum Gasteiger partial charge on any atom is 0.258 e. The number of aromatic nitrogens is 1. The summed E-state index contributed by atoms with van der Waals surface area (Å²) in [7, 11) is 1.85. The Morgan fingerprint density at radius 3 is 2.61 bits per heavy atom. The lowest BCUT2D eigenvalue weighted by molar-refractivity contribution is 0.102. The van der Waals surface area contributed by atoms with E-state index >= 15 is 0 Å². The highest BCUT2D eigenvalue weighted by Crippen LogP contribution is 2.17. The van der Waals surface area contributed by atoms with Crippen LogP contribution in [0.4, 0.5) is 11.6 Å². The van der Waals surface area contributed by atoms with Crippen molar-refractivity contribution in [3.05, 3.63) is 41.1 Å². The number of anilines is 2. The van der Waals surface area contributed by atoms with Crippen molar-refractivity contribution in [2.45, 2.75) is 13.8 Å². The van der Waals surface area contributed by atoms with Gasteiger partial charge < -0.3 is 9.84 Å². The highest BCUT2D eigenvalue weighted by Gasteiger charge is 2.10. The van der Waals surface area contributed by atoms with Gasteiger partial charge in [0.25, 0.3) is 5.91 Å². The van der Waals surface area contributed by atoms with Crippen molar-refractivity contribution in [2.75, 3.05) is 17.7 Å². The maximum absolute atomic E-state index is 12.0. The Morgan fingerprint density at radius 1 is 1.28 bits per heavy atom. The molecule has 1 aromatic heterocycles. The van der Waals surface area contributed by atoms with Gasteiger partial charge in [0.05, 0.1) is 5.69 Å². The molecule has 0 fully saturated rings. The van der Waals surface area contributed by atoms with Crippen molar-refractivity contribution in [3.63, 3.8) is 0 Å². The molecule has 0 aliphatic carbocycles. The van der Waals surface area contributed by atoms with Gasteiger partial charge in [-0.15, -0.1) is 0 Å². The van der Waals surface area contributed by atoms with E-state index in [1.807, 2.05) is 26.1 Å². The molecule has 94 valence electrons. The van der Waals surface area contributed by atoms with Gasteiger partial charge in [0.15, 0.2) is 0 Å². The van der Waals surface area contributed by atoms with E-state index in [0.717, 1.165) is 16.9 Å². The second kappa shape index (κ2) is 4.91. The largest absolute Gasteiger partial charge is 0.388 e. The van der Waals surface area contributed by atoms with E-state index < -0.39 is 0 Å². The Kier molecular flexibility index (Phi) is 3.32. The first-order valence-electron chi connectivity index (χ1n) is 5.63. The summed E-state index contributed by atoms with van der Waals surface area (Å²) < 4.78 is 4.94. The summed E-state index contributed by atoms with van der Waals surface area (Å²) in [6.45, 7) is 3.74. The maximum atomic E-state index is 12.0. The van der Waals surface area contributed by atoms with Crippen LogP contribution in [0.25, 0.3) is 0 Å². The number of aryl methyl sites for hydroxylation is 2. The average Bonchev–Trinajstić information content (AvgIpc) is 2.74. The molecule has 0 bridgehead atoms. The van der Waals surface area contributed by atoms with Crippen LogP contribution in [-0.4, -0.2) is 18.1 Å². The SMILES string of the molecule is CNc1ccc(C(=O)Nc2cc(C)no2)cc1C. The van der Waals surface area contributed by atoms with Crippen LogP contribution in [-0.2, 0) is 0 Å². The summed E-state index contributed by atoms with van der Waals surface area (Å²) in [6.07, 6.45) is 0. The Balaban J connectivity index is 2.16. The fourth-order valence-corrected chi connectivity index (χ4v) is 1.69. The second-order valence-electron chi connectivity index (χ2n) is 4.07. The Morgan fingerprint density at radius 2 is 2.06 bits per heavy atom. The van der Waals surface area contributed by atoms with Crippen molar-refractivity contribution < 1.29 is 9.32 Å². The van der Waals surface area contributed by atoms with Gasteiger partial charge in [-0.1, -0.05) is 5.16 Å². The molecule has 0 atom stereocenters. The molecule has 1 amide bonds. The lowest BCUT2D eigenvalue weighted by atomic mass is 10.1. The lowest BCUT2D eigenvalue weighted by Crippen LogP contribution is -2.11. The minimum absolute atomic E-state index is 0.211. The zero-order chi connectivity index (χ0) is 13.1. The van der Waals surface area contributed by atoms with Gasteiger partial charge in [0, 0.05) is 24.4 Å². The van der Waals surface area contributed by atoms with Gasteiger partial charge in [-0.25, -0.2) is 0 Å². The molecule has 0 radical (unpaired) electrons. The summed E-state index contributed by atoms with van der Waals surface area (Å²) >= 11 is 0. The van der Waals surface area contributed by atoms with E-state index in [1.54, 1.807) is 19.1 Å². The number of nitrogens with zero attached hydrogens (tertiary/aromatic N) is 1. The molecule has 2 rings (SSSR count). The zero-order valence-corrected chi connectivity index (χ0v) is 10.6. The third kappa shape index (κ3) is 2.51. The highest BCUT2D eigenvalue weighted by atomic mass is 16.5. The van der Waals surface area contributed by atoms with Crippen molar-refractivity contribution in [3.8, 4) is 0 Å². The fraction of sp³-hybridized carbons (Fsp3) is 0.231. The molecule has 0 spiro atoms. The van der Waals surface area contributed by atoms with E-state index in [4.69, 9.17) is 4.52 Å². The molecular formula is C13H15N3O2. The predicted octanol–water partition coefficient (Wildman–Crippen LogP) is 2.59. The second-order valence-corrected chi connectivity index (χ2v) is 4.07. The number of amides is 1. The minimum Gasteiger partial charge on any atom is -0.388 e. The number of carbonyl (C=O) groups is 1. The molecule has 5 heteroatoms. The van der Waals surface area contributed by atoms with Gasteiger partial charge in [-0.05, 0) is 37.6 Å². The zero-order valence-electron chi connectivity index (χ0n) is 10.6. The topological polar surface area (TPSA) is 67.2 Å². The highest BCUT2D eigenvalue weighted by molar-refractivity contribution is 6.03. The van der Waals surface area contributed by atoms with Crippen LogP contribution in [0, 0.1) is 13.8 Å². The van der Waals surface area contributed by atoms with Crippen LogP contribution in [0.5, 0.6) is 0 Å². The Hall–Kier alpha value is -2.30. The van der Waals surface area contributed by atoms with Crippen molar-refractivity contribution in [1.29, 1.82) is 0 Å². The summed E-state index contributed by atoms with van der Waals surface area (Å²) in [5, 5.41) is 9.42. The summed E-state index contributed by atoms with van der Waals surface area (Å²) in [4.78, 5) is 12.0. The van der Waals surface area contributed by atoms with E-state index in [1.165, 1.54) is 0 Å². The lowest BCUT2D eigenvalue weighted by Gasteiger charge is -2.07. The third-order valence-corrected chi connectivity index (χ3v) is 2.62. The van der Waals surface area contributed by atoms with Crippen LogP contribution in [0.1, 0.15) is 21.6 Å². The molecular weight excluding hydrogens is 230 g/mol. The molecule has 1 heterocycles. The molecule has 5 nitrogen and oxygen atoms in total. The normalized spacial score (nSPS) is 10.2. The first-order valence-corrected chi connectivity index (χ1v) is 5.63. The monoisotopic (exact) mass is 245 g/mol. The molecule has 0 aliphatic rings. The molecule has 0 saturated heterocycles. The van der Waals surface area contributed by atoms with E-state index in [9.17, 15) is 4.79 Å². The first-order chi connectivity index (χ1) is 8.60. The molecule has 2 aromatic rings. The van der Waals surface area contributed by atoms with Crippen molar-refractivity contribution in [1.82, 2.24) is 5.16 Å². The number of nitrogens with one attached hydrogen (secondary N) is 2. The molecule has 0 unspecified atom stereocenters. The standard InChI is InChI=1S/C13H15N3O2/c1-8-6-10(4-5-11(8)14-3)13(17)15-12-7-9(2)16-18-12/h4-7,14H,1-3H3,(H,15,17). The fourth-order valence-electron chi connectivity index (χ4n) is 1.69. The summed E-state index contributed by atoms with van der Waals surface area (Å²) in [5.74, 6) is 0.143. The Labute approximate surface area is 105 Å². The van der Waals surface area contributed by atoms with Crippen molar-refractivity contribution in [2.24, 2.45) is 0 Å². The van der Waals surface area contributed by atoms with Crippen LogP contribution in [0.15, 0.2) is 28.8 Å². The van der Waals surface area contributed by atoms with Gasteiger partial charge >= 0.3 is 0 Å².